The zero-order chi connectivity index (χ0) is 19.0. The van der Waals surface area contributed by atoms with Gasteiger partial charge in [-0.2, -0.15) is 4.98 Å². The molecule has 2 heterocycles. The van der Waals surface area contributed by atoms with Crippen molar-refractivity contribution < 1.29 is 0 Å². The van der Waals surface area contributed by atoms with E-state index in [-0.39, 0.29) is 11.2 Å². The van der Waals surface area contributed by atoms with Crippen molar-refractivity contribution in [1.29, 1.82) is 0 Å². The molecule has 7 nitrogen and oxygen atoms in total. The number of anilines is 1. The van der Waals surface area contributed by atoms with Gasteiger partial charge in [0.15, 0.2) is 11.2 Å². The molecule has 0 saturated carbocycles. The van der Waals surface area contributed by atoms with Crippen LogP contribution in [0.1, 0.15) is 12.5 Å². The fourth-order valence-corrected chi connectivity index (χ4v) is 3.07. The molecule has 0 fully saturated rings. The molecule has 0 amide bonds. The third-order valence-electron chi connectivity index (χ3n) is 4.36. The summed E-state index contributed by atoms with van der Waals surface area (Å²) in [6.45, 7) is 6.96. The Balaban J connectivity index is 2.23. The van der Waals surface area contributed by atoms with Gasteiger partial charge in [0.05, 0.1) is 0 Å². The average molecular weight is 353 g/mol. The van der Waals surface area contributed by atoms with Gasteiger partial charge in [-0.25, -0.2) is 4.79 Å². The van der Waals surface area contributed by atoms with Crippen LogP contribution in [-0.2, 0) is 27.2 Å². The quantitative estimate of drug-likeness (QED) is 0.654. The number of nitrogens with zero attached hydrogens (tertiary/aromatic N) is 5. The Hall–Kier alpha value is -3.09. The van der Waals surface area contributed by atoms with Crippen LogP contribution in [0.15, 0.2) is 52.1 Å². The maximum absolute atomic E-state index is 12.7. The molecule has 26 heavy (non-hydrogen) atoms. The minimum absolute atomic E-state index is 0.351. The second-order valence-electron chi connectivity index (χ2n) is 6.67. The minimum atomic E-state index is -0.389. The number of benzene rings is 1. The molecule has 3 rings (SSSR count). The van der Waals surface area contributed by atoms with Crippen molar-refractivity contribution in [3.63, 3.8) is 0 Å². The zero-order valence-corrected chi connectivity index (χ0v) is 15.6. The molecule has 0 bridgehead atoms. The number of fused-ring (bicyclic) bond motifs is 1. The standard InChI is InChI=1S/C19H23N5O2/c1-13(2)11-24-15-16(22(4)19(26)23(5)17(15)25)20-18(24)21(3)12-14-9-7-6-8-10-14/h6-10H,1,11-12H2,2-5H3. The molecule has 0 aliphatic carbocycles. The van der Waals surface area contributed by atoms with Gasteiger partial charge in [0, 0.05) is 34.2 Å². The maximum Gasteiger partial charge on any atom is 0.332 e. The molecule has 2 aromatic heterocycles. The van der Waals surface area contributed by atoms with Crippen LogP contribution in [0.4, 0.5) is 5.95 Å². The molecule has 7 heteroatoms. The van der Waals surface area contributed by atoms with Gasteiger partial charge in [-0.05, 0) is 12.5 Å². The van der Waals surface area contributed by atoms with E-state index in [1.165, 1.54) is 11.6 Å². The molecule has 0 N–H and O–H groups in total. The van der Waals surface area contributed by atoms with Gasteiger partial charge >= 0.3 is 5.69 Å². The highest BCUT2D eigenvalue weighted by Gasteiger charge is 2.21. The number of hydrogen-bond donors (Lipinski definition) is 0. The maximum atomic E-state index is 12.7. The monoisotopic (exact) mass is 353 g/mol. The molecule has 0 aliphatic rings. The molecule has 0 atom stereocenters. The minimum Gasteiger partial charge on any atom is -0.341 e. The fourth-order valence-electron chi connectivity index (χ4n) is 3.07. The van der Waals surface area contributed by atoms with E-state index < -0.39 is 0 Å². The summed E-state index contributed by atoms with van der Waals surface area (Å²) in [5.74, 6) is 0.630. The number of rotatable bonds is 5. The summed E-state index contributed by atoms with van der Waals surface area (Å²) in [5, 5.41) is 0. The van der Waals surface area contributed by atoms with E-state index in [1.807, 2.05) is 53.8 Å². The molecule has 0 saturated heterocycles. The van der Waals surface area contributed by atoms with Gasteiger partial charge in [0.1, 0.15) is 0 Å². The van der Waals surface area contributed by atoms with E-state index in [1.54, 1.807) is 7.05 Å². The summed E-state index contributed by atoms with van der Waals surface area (Å²) in [6.07, 6.45) is 0. The Morgan fingerprint density at radius 2 is 1.81 bits per heavy atom. The predicted octanol–water partition coefficient (Wildman–Crippen LogP) is 1.65. The fraction of sp³-hybridized carbons (Fsp3) is 0.316. The lowest BCUT2D eigenvalue weighted by atomic mass is 10.2. The molecular weight excluding hydrogens is 330 g/mol. The van der Waals surface area contributed by atoms with E-state index in [2.05, 4.69) is 11.6 Å². The van der Waals surface area contributed by atoms with Crippen molar-refractivity contribution in [3.8, 4) is 0 Å². The molecule has 1 aromatic carbocycles. The van der Waals surface area contributed by atoms with Gasteiger partial charge < -0.3 is 9.47 Å². The first-order valence-corrected chi connectivity index (χ1v) is 8.37. The van der Waals surface area contributed by atoms with Crippen molar-refractivity contribution in [2.24, 2.45) is 14.1 Å². The Bertz CT molecular complexity index is 1090. The SMILES string of the molecule is C=C(C)Cn1c(N(C)Cc2ccccc2)nc2c1c(=O)n(C)c(=O)n2C. The highest BCUT2D eigenvalue weighted by molar-refractivity contribution is 5.74. The molecule has 3 aromatic rings. The first-order chi connectivity index (χ1) is 12.3. The van der Waals surface area contributed by atoms with Crippen molar-refractivity contribution in [2.75, 3.05) is 11.9 Å². The normalized spacial score (nSPS) is 11.1. The van der Waals surface area contributed by atoms with Crippen LogP contribution in [0.2, 0.25) is 0 Å². The summed E-state index contributed by atoms with van der Waals surface area (Å²) in [5.41, 5.74) is 2.08. The Kier molecular flexibility index (Phi) is 4.54. The van der Waals surface area contributed by atoms with Crippen molar-refractivity contribution in [1.82, 2.24) is 18.7 Å². The summed E-state index contributed by atoms with van der Waals surface area (Å²) in [6, 6.07) is 10.0. The highest BCUT2D eigenvalue weighted by Crippen LogP contribution is 2.21. The number of hydrogen-bond acceptors (Lipinski definition) is 4. The van der Waals surface area contributed by atoms with Gasteiger partial charge in [-0.3, -0.25) is 13.9 Å². The van der Waals surface area contributed by atoms with E-state index in [0.29, 0.717) is 30.2 Å². The Morgan fingerprint density at radius 1 is 1.15 bits per heavy atom. The smallest absolute Gasteiger partial charge is 0.332 e. The highest BCUT2D eigenvalue weighted by atomic mass is 16.2. The molecular formula is C19H23N5O2. The first kappa shape index (κ1) is 17.7. The van der Waals surface area contributed by atoms with Crippen LogP contribution >= 0.6 is 0 Å². The summed E-state index contributed by atoms with van der Waals surface area (Å²) >= 11 is 0. The molecule has 0 aliphatic heterocycles. The van der Waals surface area contributed by atoms with E-state index >= 15 is 0 Å². The topological polar surface area (TPSA) is 65.1 Å². The van der Waals surface area contributed by atoms with Crippen LogP contribution in [0.25, 0.3) is 11.2 Å². The van der Waals surface area contributed by atoms with E-state index in [0.717, 1.165) is 15.7 Å². The van der Waals surface area contributed by atoms with Gasteiger partial charge in [0.2, 0.25) is 5.95 Å². The third kappa shape index (κ3) is 2.96. The lowest BCUT2D eigenvalue weighted by Crippen LogP contribution is -2.37. The molecule has 136 valence electrons. The van der Waals surface area contributed by atoms with Crippen molar-refractivity contribution in [2.45, 2.75) is 20.0 Å². The van der Waals surface area contributed by atoms with Crippen LogP contribution < -0.4 is 16.1 Å². The van der Waals surface area contributed by atoms with Gasteiger partial charge in [-0.15, -0.1) is 0 Å². The van der Waals surface area contributed by atoms with E-state index in [9.17, 15) is 9.59 Å². The van der Waals surface area contributed by atoms with Crippen LogP contribution in [0.3, 0.4) is 0 Å². The van der Waals surface area contributed by atoms with Crippen LogP contribution in [0.5, 0.6) is 0 Å². The second kappa shape index (κ2) is 6.67. The molecule has 0 radical (unpaired) electrons. The summed E-state index contributed by atoms with van der Waals surface area (Å²) < 4.78 is 4.35. The number of aryl methyl sites for hydroxylation is 1. The third-order valence-corrected chi connectivity index (χ3v) is 4.36. The van der Waals surface area contributed by atoms with Crippen LogP contribution in [0, 0.1) is 0 Å². The van der Waals surface area contributed by atoms with Gasteiger partial charge in [0.25, 0.3) is 5.56 Å². The van der Waals surface area contributed by atoms with Crippen molar-refractivity contribution in [3.05, 3.63) is 68.9 Å². The van der Waals surface area contributed by atoms with E-state index in [4.69, 9.17) is 0 Å². The second-order valence-corrected chi connectivity index (χ2v) is 6.67. The Morgan fingerprint density at radius 3 is 2.42 bits per heavy atom. The predicted molar refractivity (Wildman–Crippen MR) is 104 cm³/mol. The number of imidazole rings is 1. The number of allylic oxidation sites excluding steroid dienone is 1. The largest absolute Gasteiger partial charge is 0.341 e. The Labute approximate surface area is 151 Å². The lowest BCUT2D eigenvalue weighted by Gasteiger charge is -2.20. The molecule has 0 unspecified atom stereocenters. The number of aromatic nitrogens is 4. The summed E-state index contributed by atoms with van der Waals surface area (Å²) in [4.78, 5) is 31.6. The lowest BCUT2D eigenvalue weighted by molar-refractivity contribution is 0.700. The first-order valence-electron chi connectivity index (χ1n) is 8.37. The average Bonchev–Trinajstić information content (AvgIpc) is 2.98. The van der Waals surface area contributed by atoms with Crippen LogP contribution in [-0.4, -0.2) is 25.7 Å². The van der Waals surface area contributed by atoms with Gasteiger partial charge in [-0.1, -0.05) is 42.5 Å². The zero-order valence-electron chi connectivity index (χ0n) is 15.6. The molecule has 0 spiro atoms. The summed E-state index contributed by atoms with van der Waals surface area (Å²) in [7, 11) is 5.03. The van der Waals surface area contributed by atoms with Crippen molar-refractivity contribution >= 4 is 17.1 Å².